The molecule has 1 atom stereocenters. The third kappa shape index (κ3) is 2.86. The van der Waals surface area contributed by atoms with Crippen LogP contribution in [0.5, 0.6) is 0 Å². The Hall–Kier alpha value is -2.04. The zero-order chi connectivity index (χ0) is 15.6. The average Bonchev–Trinajstić information content (AvgIpc) is 2.43. The van der Waals surface area contributed by atoms with Gasteiger partial charge in [0.15, 0.2) is 0 Å². The van der Waals surface area contributed by atoms with Crippen LogP contribution in [0.3, 0.4) is 0 Å². The summed E-state index contributed by atoms with van der Waals surface area (Å²) >= 11 is 0. The zero-order valence-electron chi connectivity index (χ0n) is 12.8. The summed E-state index contributed by atoms with van der Waals surface area (Å²) in [5.74, 6) is -0.946. The Morgan fingerprint density at radius 2 is 1.86 bits per heavy atom. The molecule has 0 radical (unpaired) electrons. The standard InChI is InChI=1S/C16H22N2O3/c1-11-7-6-8-12(2)13(11)17-15(21)18-10-5-4-9-16(18,3)14(19)20/h6-8H,4-5,9-10H2,1-3H3,(H,17,21)(H,19,20). The number of urea groups is 1. The molecule has 0 spiro atoms. The van der Waals surface area contributed by atoms with Crippen molar-refractivity contribution in [2.24, 2.45) is 0 Å². The van der Waals surface area contributed by atoms with Crippen LogP contribution in [0.4, 0.5) is 10.5 Å². The summed E-state index contributed by atoms with van der Waals surface area (Å²) in [7, 11) is 0. The summed E-state index contributed by atoms with van der Waals surface area (Å²) in [6.07, 6.45) is 2.15. The highest BCUT2D eigenvalue weighted by atomic mass is 16.4. The molecule has 2 rings (SSSR count). The molecule has 1 heterocycles. The van der Waals surface area contributed by atoms with Crippen LogP contribution in [0, 0.1) is 13.8 Å². The maximum atomic E-state index is 12.5. The van der Waals surface area contributed by atoms with E-state index in [1.54, 1.807) is 6.92 Å². The molecule has 1 fully saturated rings. The SMILES string of the molecule is Cc1cccc(C)c1NC(=O)N1CCCCC1(C)C(=O)O. The van der Waals surface area contributed by atoms with Gasteiger partial charge in [-0.25, -0.2) is 9.59 Å². The Morgan fingerprint density at radius 3 is 2.43 bits per heavy atom. The quantitative estimate of drug-likeness (QED) is 0.879. The van der Waals surface area contributed by atoms with Gasteiger partial charge < -0.3 is 15.3 Å². The maximum Gasteiger partial charge on any atom is 0.329 e. The molecule has 1 saturated heterocycles. The molecule has 0 bridgehead atoms. The van der Waals surface area contributed by atoms with Crippen LogP contribution in [-0.2, 0) is 4.79 Å². The number of rotatable bonds is 2. The van der Waals surface area contributed by atoms with E-state index in [0.717, 1.165) is 29.7 Å². The fourth-order valence-corrected chi connectivity index (χ4v) is 2.85. The maximum absolute atomic E-state index is 12.5. The monoisotopic (exact) mass is 290 g/mol. The molecule has 0 aromatic heterocycles. The number of aliphatic carboxylic acids is 1. The number of aryl methyl sites for hydroxylation is 2. The largest absolute Gasteiger partial charge is 0.480 e. The second-order valence-corrected chi connectivity index (χ2v) is 5.88. The average molecular weight is 290 g/mol. The molecular weight excluding hydrogens is 268 g/mol. The number of nitrogens with one attached hydrogen (secondary N) is 1. The van der Waals surface area contributed by atoms with E-state index in [1.165, 1.54) is 4.90 Å². The number of para-hydroxylation sites is 1. The number of likely N-dealkylation sites (tertiary alicyclic amines) is 1. The van der Waals surface area contributed by atoms with Gasteiger partial charge >= 0.3 is 12.0 Å². The van der Waals surface area contributed by atoms with E-state index in [0.29, 0.717) is 13.0 Å². The number of hydrogen-bond donors (Lipinski definition) is 2. The molecule has 5 heteroatoms. The lowest BCUT2D eigenvalue weighted by atomic mass is 9.89. The van der Waals surface area contributed by atoms with Crippen molar-refractivity contribution in [1.29, 1.82) is 0 Å². The summed E-state index contributed by atoms with van der Waals surface area (Å²) in [5, 5.41) is 12.4. The van der Waals surface area contributed by atoms with E-state index < -0.39 is 11.5 Å². The topological polar surface area (TPSA) is 69.6 Å². The lowest BCUT2D eigenvalue weighted by Crippen LogP contribution is -2.58. The molecule has 2 N–H and O–H groups in total. The van der Waals surface area contributed by atoms with Crippen LogP contribution in [0.1, 0.15) is 37.3 Å². The predicted octanol–water partition coefficient (Wildman–Crippen LogP) is 3.16. The van der Waals surface area contributed by atoms with Crippen LogP contribution in [-0.4, -0.2) is 34.1 Å². The lowest BCUT2D eigenvalue weighted by molar-refractivity contribution is -0.150. The summed E-state index contributed by atoms with van der Waals surface area (Å²) in [4.78, 5) is 25.5. The van der Waals surface area contributed by atoms with E-state index in [2.05, 4.69) is 5.32 Å². The van der Waals surface area contributed by atoms with Gasteiger partial charge in [-0.3, -0.25) is 0 Å². The highest BCUT2D eigenvalue weighted by molar-refractivity contribution is 5.95. The number of piperidine rings is 1. The smallest absolute Gasteiger partial charge is 0.329 e. The fraction of sp³-hybridized carbons (Fsp3) is 0.500. The molecule has 1 aliphatic heterocycles. The number of benzene rings is 1. The highest BCUT2D eigenvalue weighted by Crippen LogP contribution is 2.29. The van der Waals surface area contributed by atoms with Crippen LogP contribution in [0.25, 0.3) is 0 Å². The summed E-state index contributed by atoms with van der Waals surface area (Å²) in [6, 6.07) is 5.45. The number of carbonyl (C=O) groups is 2. The summed E-state index contributed by atoms with van der Waals surface area (Å²) in [5.41, 5.74) is 1.58. The normalized spacial score (nSPS) is 22.0. The number of carboxylic acid groups (broad SMARTS) is 1. The lowest BCUT2D eigenvalue weighted by Gasteiger charge is -2.41. The summed E-state index contributed by atoms with van der Waals surface area (Å²) < 4.78 is 0. The van der Waals surface area contributed by atoms with E-state index in [9.17, 15) is 14.7 Å². The predicted molar refractivity (Wildman–Crippen MR) is 81.5 cm³/mol. The van der Waals surface area contributed by atoms with Gasteiger partial charge in [0.25, 0.3) is 0 Å². The second kappa shape index (κ2) is 5.76. The molecule has 1 aromatic rings. The number of amides is 2. The Bertz CT molecular complexity index is 550. The van der Waals surface area contributed by atoms with Crippen molar-refractivity contribution < 1.29 is 14.7 Å². The van der Waals surface area contributed by atoms with Crippen LogP contribution >= 0.6 is 0 Å². The Balaban J connectivity index is 2.24. The zero-order valence-corrected chi connectivity index (χ0v) is 12.8. The van der Waals surface area contributed by atoms with Gasteiger partial charge in [0.05, 0.1) is 0 Å². The van der Waals surface area contributed by atoms with E-state index in [4.69, 9.17) is 0 Å². The van der Waals surface area contributed by atoms with Gasteiger partial charge in [-0.15, -0.1) is 0 Å². The first kappa shape index (κ1) is 15.4. The molecule has 5 nitrogen and oxygen atoms in total. The third-order valence-electron chi connectivity index (χ3n) is 4.31. The fourth-order valence-electron chi connectivity index (χ4n) is 2.85. The van der Waals surface area contributed by atoms with Gasteiger partial charge in [0.2, 0.25) is 0 Å². The number of nitrogens with zero attached hydrogens (tertiary/aromatic N) is 1. The molecular formula is C16H22N2O3. The van der Waals surface area contributed by atoms with Crippen molar-refractivity contribution in [3.63, 3.8) is 0 Å². The van der Waals surface area contributed by atoms with Crippen LogP contribution in [0.15, 0.2) is 18.2 Å². The third-order valence-corrected chi connectivity index (χ3v) is 4.31. The van der Waals surface area contributed by atoms with Crippen molar-refractivity contribution in [2.45, 2.75) is 45.6 Å². The molecule has 114 valence electrons. The first-order valence-electron chi connectivity index (χ1n) is 7.24. The molecule has 21 heavy (non-hydrogen) atoms. The van der Waals surface area contributed by atoms with Crippen molar-refractivity contribution >= 4 is 17.7 Å². The Labute approximate surface area is 125 Å². The Kier molecular flexibility index (Phi) is 4.21. The molecule has 1 aromatic carbocycles. The summed E-state index contributed by atoms with van der Waals surface area (Å²) in [6.45, 7) is 5.95. The van der Waals surface area contributed by atoms with E-state index in [1.807, 2.05) is 32.0 Å². The first-order valence-corrected chi connectivity index (χ1v) is 7.24. The minimum absolute atomic E-state index is 0.336. The molecule has 1 unspecified atom stereocenters. The Morgan fingerprint density at radius 1 is 1.24 bits per heavy atom. The number of carboxylic acids is 1. The van der Waals surface area contributed by atoms with Crippen LogP contribution in [0.2, 0.25) is 0 Å². The van der Waals surface area contributed by atoms with E-state index in [-0.39, 0.29) is 6.03 Å². The van der Waals surface area contributed by atoms with Crippen molar-refractivity contribution in [2.75, 3.05) is 11.9 Å². The van der Waals surface area contributed by atoms with Crippen molar-refractivity contribution in [1.82, 2.24) is 4.90 Å². The molecule has 0 saturated carbocycles. The number of anilines is 1. The molecule has 1 aliphatic rings. The minimum Gasteiger partial charge on any atom is -0.480 e. The van der Waals surface area contributed by atoms with Gasteiger partial charge in [-0.1, -0.05) is 18.2 Å². The van der Waals surface area contributed by atoms with Gasteiger partial charge in [-0.05, 0) is 51.2 Å². The van der Waals surface area contributed by atoms with Crippen LogP contribution < -0.4 is 5.32 Å². The second-order valence-electron chi connectivity index (χ2n) is 5.88. The number of carbonyl (C=O) groups excluding carboxylic acids is 1. The van der Waals surface area contributed by atoms with Crippen molar-refractivity contribution in [3.05, 3.63) is 29.3 Å². The van der Waals surface area contributed by atoms with Gasteiger partial charge in [0, 0.05) is 12.2 Å². The highest BCUT2D eigenvalue weighted by Gasteiger charge is 2.44. The first-order chi connectivity index (χ1) is 9.86. The van der Waals surface area contributed by atoms with Gasteiger partial charge in [-0.2, -0.15) is 0 Å². The number of hydrogen-bond acceptors (Lipinski definition) is 2. The minimum atomic E-state index is -1.13. The molecule has 2 amide bonds. The van der Waals surface area contributed by atoms with E-state index >= 15 is 0 Å². The van der Waals surface area contributed by atoms with Crippen molar-refractivity contribution in [3.8, 4) is 0 Å². The van der Waals surface area contributed by atoms with Gasteiger partial charge in [0.1, 0.15) is 5.54 Å². The molecule has 0 aliphatic carbocycles.